The molecule has 0 saturated heterocycles. The molecular weight excluding hydrogens is 279 g/mol. The number of hydrogen-bond acceptors (Lipinski definition) is 5. The molecule has 1 saturated carbocycles. The number of nitrogens with zero attached hydrogens (tertiary/aromatic N) is 1. The van der Waals surface area contributed by atoms with Crippen LogP contribution >= 0.6 is 23.2 Å². The SMILES string of the molecule is C=C(N)[C@@H](C#N)C(=O)COC(=O)[C@@]1(C)CC1(Cl)Cl. The normalized spacial score (nSPS) is 25.7. The van der Waals surface area contributed by atoms with E-state index in [1.807, 2.05) is 0 Å². The molecule has 2 atom stereocenters. The first-order valence-electron chi connectivity index (χ1n) is 5.07. The van der Waals surface area contributed by atoms with E-state index >= 15 is 0 Å². The van der Waals surface area contributed by atoms with Crippen LogP contribution < -0.4 is 5.73 Å². The van der Waals surface area contributed by atoms with Crippen LogP contribution in [0.5, 0.6) is 0 Å². The summed E-state index contributed by atoms with van der Waals surface area (Å²) in [5, 5.41) is 8.69. The lowest BCUT2D eigenvalue weighted by atomic mass is 10.0. The smallest absolute Gasteiger partial charge is 0.315 e. The number of carbonyl (C=O) groups excluding carboxylic acids is 2. The van der Waals surface area contributed by atoms with Crippen molar-refractivity contribution >= 4 is 35.0 Å². The van der Waals surface area contributed by atoms with Gasteiger partial charge in [0, 0.05) is 12.1 Å². The highest BCUT2D eigenvalue weighted by Crippen LogP contribution is 2.64. The van der Waals surface area contributed by atoms with Crippen molar-refractivity contribution in [2.75, 3.05) is 6.61 Å². The first kappa shape index (κ1) is 14.8. The molecule has 0 aliphatic heterocycles. The molecule has 5 nitrogen and oxygen atoms in total. The van der Waals surface area contributed by atoms with Crippen LogP contribution in [0.15, 0.2) is 12.3 Å². The number of nitriles is 1. The van der Waals surface area contributed by atoms with Crippen molar-refractivity contribution in [1.29, 1.82) is 5.26 Å². The van der Waals surface area contributed by atoms with E-state index in [2.05, 4.69) is 6.58 Å². The Morgan fingerprint density at radius 1 is 1.61 bits per heavy atom. The van der Waals surface area contributed by atoms with Crippen molar-refractivity contribution in [2.24, 2.45) is 17.1 Å². The molecule has 0 aromatic rings. The minimum atomic E-state index is -1.18. The number of Topliss-reactive ketones (excluding diaryl/α,β-unsaturated/α-hetero) is 1. The number of ketones is 1. The molecule has 0 amide bonds. The fraction of sp³-hybridized carbons (Fsp3) is 0.545. The highest BCUT2D eigenvalue weighted by Gasteiger charge is 2.69. The van der Waals surface area contributed by atoms with E-state index in [1.165, 1.54) is 0 Å². The van der Waals surface area contributed by atoms with E-state index in [4.69, 9.17) is 38.9 Å². The molecule has 0 bridgehead atoms. The van der Waals surface area contributed by atoms with Crippen LogP contribution in [-0.2, 0) is 14.3 Å². The lowest BCUT2D eigenvalue weighted by molar-refractivity contribution is -0.153. The van der Waals surface area contributed by atoms with E-state index < -0.39 is 34.0 Å². The number of allylic oxidation sites excluding steroid dienone is 1. The highest BCUT2D eigenvalue weighted by atomic mass is 35.5. The Morgan fingerprint density at radius 3 is 2.44 bits per heavy atom. The van der Waals surface area contributed by atoms with Gasteiger partial charge in [0.25, 0.3) is 0 Å². The lowest BCUT2D eigenvalue weighted by Gasteiger charge is -2.12. The van der Waals surface area contributed by atoms with Gasteiger partial charge in [0.05, 0.1) is 6.07 Å². The predicted octanol–water partition coefficient (Wildman–Crippen LogP) is 1.29. The zero-order chi connectivity index (χ0) is 14.1. The van der Waals surface area contributed by atoms with Gasteiger partial charge >= 0.3 is 5.97 Å². The summed E-state index contributed by atoms with van der Waals surface area (Å²) in [7, 11) is 0. The molecule has 1 aliphatic carbocycles. The van der Waals surface area contributed by atoms with Gasteiger partial charge in [0.15, 0.2) is 12.4 Å². The van der Waals surface area contributed by atoms with Crippen molar-refractivity contribution in [1.82, 2.24) is 0 Å². The molecule has 7 heteroatoms. The zero-order valence-electron chi connectivity index (χ0n) is 9.70. The molecule has 1 fully saturated rings. The third-order valence-electron chi connectivity index (χ3n) is 2.88. The van der Waals surface area contributed by atoms with Gasteiger partial charge in [-0.25, -0.2) is 0 Å². The van der Waals surface area contributed by atoms with Gasteiger partial charge < -0.3 is 10.5 Å². The summed E-state index contributed by atoms with van der Waals surface area (Å²) >= 11 is 11.6. The summed E-state index contributed by atoms with van der Waals surface area (Å²) in [6.07, 6.45) is 0.265. The summed E-state index contributed by atoms with van der Waals surface area (Å²) in [6, 6.07) is 1.68. The van der Waals surface area contributed by atoms with Gasteiger partial charge in [-0.2, -0.15) is 5.26 Å². The molecule has 0 heterocycles. The summed E-state index contributed by atoms with van der Waals surface area (Å²) in [4.78, 5) is 23.2. The summed E-state index contributed by atoms with van der Waals surface area (Å²) < 4.78 is 3.64. The lowest BCUT2D eigenvalue weighted by Crippen LogP contribution is -2.28. The minimum Gasteiger partial charge on any atom is -0.457 e. The molecule has 1 rings (SSSR count). The van der Waals surface area contributed by atoms with Crippen LogP contribution in [0.3, 0.4) is 0 Å². The van der Waals surface area contributed by atoms with E-state index in [0.29, 0.717) is 0 Å². The Morgan fingerprint density at radius 2 is 2.11 bits per heavy atom. The van der Waals surface area contributed by atoms with Gasteiger partial charge in [-0.1, -0.05) is 6.58 Å². The van der Waals surface area contributed by atoms with E-state index in [1.54, 1.807) is 13.0 Å². The average molecular weight is 291 g/mol. The van der Waals surface area contributed by atoms with Gasteiger partial charge in [0.2, 0.25) is 0 Å². The number of alkyl halides is 2. The highest BCUT2D eigenvalue weighted by molar-refractivity contribution is 6.53. The number of ether oxygens (including phenoxy) is 1. The molecule has 18 heavy (non-hydrogen) atoms. The van der Waals surface area contributed by atoms with Crippen LogP contribution in [0, 0.1) is 22.7 Å². The van der Waals surface area contributed by atoms with Gasteiger partial charge in [-0.3, -0.25) is 9.59 Å². The second kappa shape index (κ2) is 4.79. The number of carbonyl (C=O) groups is 2. The third kappa shape index (κ3) is 2.60. The number of hydrogen-bond donors (Lipinski definition) is 1. The molecule has 0 unspecified atom stereocenters. The average Bonchev–Trinajstić information content (AvgIpc) is 2.76. The number of rotatable bonds is 5. The molecular formula is C11H12Cl2N2O3. The Hall–Kier alpha value is -1.25. The second-order valence-corrected chi connectivity index (χ2v) is 5.88. The molecule has 1 aliphatic rings. The Kier molecular flexibility index (Phi) is 3.94. The molecule has 0 aromatic heterocycles. The topological polar surface area (TPSA) is 93.2 Å². The molecule has 2 N–H and O–H groups in total. The summed E-state index contributed by atoms with van der Waals surface area (Å²) in [5.41, 5.74) is 4.19. The number of halogens is 2. The molecule has 0 aromatic carbocycles. The van der Waals surface area contributed by atoms with Gasteiger partial charge in [-0.15, -0.1) is 23.2 Å². The molecule has 98 valence electrons. The van der Waals surface area contributed by atoms with Crippen LogP contribution in [0.2, 0.25) is 0 Å². The number of nitrogens with two attached hydrogens (primary N) is 1. The van der Waals surface area contributed by atoms with Crippen molar-refractivity contribution in [3.63, 3.8) is 0 Å². The predicted molar refractivity (Wildman–Crippen MR) is 65.6 cm³/mol. The molecule has 0 spiro atoms. The van der Waals surface area contributed by atoms with Crippen LogP contribution in [-0.4, -0.2) is 22.7 Å². The number of esters is 1. The fourth-order valence-electron chi connectivity index (χ4n) is 1.36. The first-order valence-corrected chi connectivity index (χ1v) is 5.83. The fourth-order valence-corrected chi connectivity index (χ4v) is 2.05. The van der Waals surface area contributed by atoms with Gasteiger partial charge in [-0.05, 0) is 6.92 Å². The second-order valence-electron chi connectivity index (χ2n) is 4.39. The van der Waals surface area contributed by atoms with Crippen molar-refractivity contribution in [2.45, 2.75) is 17.7 Å². The Balaban J connectivity index is 2.53. The van der Waals surface area contributed by atoms with E-state index in [-0.39, 0.29) is 12.1 Å². The first-order chi connectivity index (χ1) is 8.15. The van der Waals surface area contributed by atoms with E-state index in [0.717, 1.165) is 0 Å². The minimum absolute atomic E-state index is 0.0831. The van der Waals surface area contributed by atoms with Crippen molar-refractivity contribution in [3.05, 3.63) is 12.3 Å². The summed E-state index contributed by atoms with van der Waals surface area (Å²) in [5.74, 6) is -2.47. The Bertz CT molecular complexity index is 456. The molecule has 0 radical (unpaired) electrons. The van der Waals surface area contributed by atoms with E-state index in [9.17, 15) is 9.59 Å². The van der Waals surface area contributed by atoms with Crippen molar-refractivity contribution < 1.29 is 14.3 Å². The van der Waals surface area contributed by atoms with Crippen LogP contribution in [0.1, 0.15) is 13.3 Å². The maximum absolute atomic E-state index is 11.6. The zero-order valence-corrected chi connectivity index (χ0v) is 11.2. The maximum Gasteiger partial charge on any atom is 0.315 e. The largest absolute Gasteiger partial charge is 0.457 e. The van der Waals surface area contributed by atoms with Gasteiger partial charge in [0.1, 0.15) is 15.7 Å². The quantitative estimate of drug-likeness (QED) is 0.608. The standard InChI is InChI=1S/C11H12Cl2N2O3/c1-6(15)7(3-14)8(16)4-18-9(17)10(2)5-11(10,12)13/h7H,1,4-5,15H2,2H3/t7-,10-/m1/s1. The third-order valence-corrected chi connectivity index (χ3v) is 3.98. The van der Waals surface area contributed by atoms with Crippen molar-refractivity contribution in [3.8, 4) is 6.07 Å². The maximum atomic E-state index is 11.6. The Labute approximate surface area is 114 Å². The monoisotopic (exact) mass is 290 g/mol. The summed E-state index contributed by atoms with van der Waals surface area (Å²) in [6.45, 7) is 4.31. The van der Waals surface area contributed by atoms with Crippen LogP contribution in [0.4, 0.5) is 0 Å². The van der Waals surface area contributed by atoms with Crippen LogP contribution in [0.25, 0.3) is 0 Å².